The SMILES string of the molecule is CCC(C)OP(=O)(O)c1cc(Br)ccc1NC(=O)Nc1cc(Cl)nc(Cl)c1. The molecule has 3 N–H and O–H groups in total. The molecule has 7 nitrogen and oxygen atoms in total. The quantitative estimate of drug-likeness (QED) is 0.366. The van der Waals surface area contributed by atoms with Crippen LogP contribution in [-0.2, 0) is 9.09 Å². The smallest absolute Gasteiger partial charge is 0.321 e. The number of carbonyl (C=O) groups excluding carboxylic acids is 1. The maximum Gasteiger partial charge on any atom is 0.361 e. The number of carbonyl (C=O) groups is 1. The van der Waals surface area contributed by atoms with Crippen molar-refractivity contribution in [2.45, 2.75) is 26.4 Å². The molecule has 0 spiro atoms. The van der Waals surface area contributed by atoms with Crippen molar-refractivity contribution in [3.05, 3.63) is 45.1 Å². The van der Waals surface area contributed by atoms with Crippen molar-refractivity contribution in [1.29, 1.82) is 0 Å². The Labute approximate surface area is 175 Å². The molecule has 0 saturated carbocycles. The number of rotatable bonds is 6. The van der Waals surface area contributed by atoms with E-state index in [9.17, 15) is 14.3 Å². The zero-order valence-corrected chi connectivity index (χ0v) is 18.4. The van der Waals surface area contributed by atoms with Crippen LogP contribution in [-0.4, -0.2) is 22.0 Å². The number of nitrogens with zero attached hydrogens (tertiary/aromatic N) is 1. The van der Waals surface area contributed by atoms with E-state index in [-0.39, 0.29) is 21.3 Å². The van der Waals surface area contributed by atoms with Crippen LogP contribution in [0.3, 0.4) is 0 Å². The molecule has 2 aromatic rings. The van der Waals surface area contributed by atoms with Gasteiger partial charge in [-0.2, -0.15) is 0 Å². The van der Waals surface area contributed by atoms with Gasteiger partial charge in [0.2, 0.25) is 0 Å². The molecule has 1 heterocycles. The number of benzene rings is 1. The molecule has 0 bridgehead atoms. The van der Waals surface area contributed by atoms with Gasteiger partial charge in [-0.1, -0.05) is 46.1 Å². The molecule has 1 aromatic heterocycles. The van der Waals surface area contributed by atoms with E-state index in [0.717, 1.165) is 0 Å². The summed E-state index contributed by atoms with van der Waals surface area (Å²) < 4.78 is 18.5. The molecule has 0 aliphatic rings. The number of hydrogen-bond donors (Lipinski definition) is 3. The molecule has 0 radical (unpaired) electrons. The summed E-state index contributed by atoms with van der Waals surface area (Å²) >= 11 is 14.9. The third kappa shape index (κ3) is 6.45. The molecule has 146 valence electrons. The van der Waals surface area contributed by atoms with Crippen LogP contribution in [0.25, 0.3) is 0 Å². The first-order valence-corrected chi connectivity index (χ1v) is 11.0. The third-order valence-corrected chi connectivity index (χ3v) is 5.94. The number of hydrogen-bond acceptors (Lipinski definition) is 4. The normalized spacial score (nSPS) is 14.3. The van der Waals surface area contributed by atoms with Crippen LogP contribution in [0.2, 0.25) is 10.3 Å². The maximum absolute atomic E-state index is 12.7. The van der Waals surface area contributed by atoms with E-state index in [0.29, 0.717) is 16.6 Å². The minimum atomic E-state index is -4.16. The zero-order valence-electron chi connectivity index (χ0n) is 14.4. The van der Waals surface area contributed by atoms with E-state index >= 15 is 0 Å². The molecule has 0 fully saturated rings. The largest absolute Gasteiger partial charge is 0.361 e. The lowest BCUT2D eigenvalue weighted by Crippen LogP contribution is -2.24. The Bertz CT molecular complexity index is 880. The van der Waals surface area contributed by atoms with Gasteiger partial charge in [0.1, 0.15) is 10.3 Å². The Balaban J connectivity index is 2.25. The molecule has 2 rings (SSSR count). The van der Waals surface area contributed by atoms with Crippen molar-refractivity contribution in [2.24, 2.45) is 0 Å². The van der Waals surface area contributed by atoms with E-state index in [1.165, 1.54) is 24.3 Å². The summed E-state index contributed by atoms with van der Waals surface area (Å²) in [5.74, 6) is 0. The summed E-state index contributed by atoms with van der Waals surface area (Å²) in [6.07, 6.45) is 0.133. The van der Waals surface area contributed by atoms with E-state index < -0.39 is 19.7 Å². The number of urea groups is 1. The van der Waals surface area contributed by atoms with Crippen molar-refractivity contribution in [1.82, 2.24) is 4.98 Å². The van der Waals surface area contributed by atoms with Crippen LogP contribution >= 0.6 is 46.7 Å². The number of pyridine rings is 1. The first-order chi connectivity index (χ1) is 12.6. The van der Waals surface area contributed by atoms with Gasteiger partial charge in [0.25, 0.3) is 0 Å². The second-order valence-electron chi connectivity index (χ2n) is 5.59. The monoisotopic (exact) mass is 495 g/mol. The fourth-order valence-electron chi connectivity index (χ4n) is 2.04. The van der Waals surface area contributed by atoms with Crippen LogP contribution in [0.4, 0.5) is 16.2 Å². The average molecular weight is 497 g/mol. The van der Waals surface area contributed by atoms with E-state index in [2.05, 4.69) is 31.5 Å². The summed E-state index contributed by atoms with van der Waals surface area (Å²) in [6.45, 7) is 3.53. The predicted molar refractivity (Wildman–Crippen MR) is 111 cm³/mol. The van der Waals surface area contributed by atoms with Gasteiger partial charge >= 0.3 is 13.6 Å². The van der Waals surface area contributed by atoms with Crippen LogP contribution in [0, 0.1) is 0 Å². The highest BCUT2D eigenvalue weighted by Crippen LogP contribution is 2.45. The fourth-order valence-corrected chi connectivity index (χ4v) is 4.53. The third-order valence-electron chi connectivity index (χ3n) is 3.43. The first-order valence-electron chi connectivity index (χ1n) is 7.83. The number of halogens is 3. The number of amides is 2. The van der Waals surface area contributed by atoms with Crippen LogP contribution < -0.4 is 15.9 Å². The van der Waals surface area contributed by atoms with Gasteiger partial charge in [-0.3, -0.25) is 4.57 Å². The van der Waals surface area contributed by atoms with Crippen LogP contribution in [0.15, 0.2) is 34.8 Å². The molecule has 1 aromatic carbocycles. The summed E-state index contributed by atoms with van der Waals surface area (Å²) in [5.41, 5.74) is 0.454. The Kier molecular flexibility index (Phi) is 7.68. The van der Waals surface area contributed by atoms with Gasteiger partial charge in [-0.05, 0) is 43.7 Å². The van der Waals surface area contributed by atoms with Gasteiger partial charge < -0.3 is 20.1 Å². The highest BCUT2D eigenvalue weighted by Gasteiger charge is 2.29. The first kappa shape index (κ1) is 22.1. The molecule has 0 aliphatic heterocycles. The molecule has 27 heavy (non-hydrogen) atoms. The Morgan fingerprint density at radius 3 is 2.52 bits per heavy atom. The summed E-state index contributed by atoms with van der Waals surface area (Å²) in [7, 11) is -4.16. The van der Waals surface area contributed by atoms with Crippen LogP contribution in [0.1, 0.15) is 20.3 Å². The van der Waals surface area contributed by atoms with E-state index in [4.69, 9.17) is 27.7 Å². The van der Waals surface area contributed by atoms with Crippen molar-refractivity contribution in [2.75, 3.05) is 10.6 Å². The van der Waals surface area contributed by atoms with Crippen molar-refractivity contribution in [3.63, 3.8) is 0 Å². The number of nitrogens with one attached hydrogen (secondary N) is 2. The van der Waals surface area contributed by atoms with E-state index in [1.54, 1.807) is 13.0 Å². The lowest BCUT2D eigenvalue weighted by Gasteiger charge is -2.20. The Morgan fingerprint density at radius 1 is 1.30 bits per heavy atom. The van der Waals surface area contributed by atoms with E-state index in [1.807, 2.05) is 6.92 Å². The van der Waals surface area contributed by atoms with Gasteiger partial charge in [-0.15, -0.1) is 0 Å². The molecular formula is C16H17BrCl2N3O4P. The Hall–Kier alpha value is -1.15. The Morgan fingerprint density at radius 2 is 1.93 bits per heavy atom. The molecule has 11 heteroatoms. The second-order valence-corrected chi connectivity index (χ2v) is 9.01. The minimum Gasteiger partial charge on any atom is -0.321 e. The standard InChI is InChI=1S/C16H17BrCl2N3O4P/c1-3-9(2)26-27(24,25)13-6-10(17)4-5-12(13)21-16(23)20-11-7-14(18)22-15(19)8-11/h4-9H,3H2,1-2H3,(H,24,25)(H2,20,21,22,23). The molecule has 2 atom stereocenters. The minimum absolute atomic E-state index is 0.0295. The highest BCUT2D eigenvalue weighted by molar-refractivity contribution is 9.10. The molecule has 2 amide bonds. The van der Waals surface area contributed by atoms with Crippen LogP contribution in [0.5, 0.6) is 0 Å². The average Bonchev–Trinajstić information content (AvgIpc) is 2.54. The van der Waals surface area contributed by atoms with Gasteiger partial charge in [-0.25, -0.2) is 9.78 Å². The molecule has 0 aliphatic carbocycles. The maximum atomic E-state index is 12.7. The topological polar surface area (TPSA) is 101 Å². The van der Waals surface area contributed by atoms with Crippen molar-refractivity contribution >= 4 is 69.4 Å². The summed E-state index contributed by atoms with van der Waals surface area (Å²) in [4.78, 5) is 26.4. The number of anilines is 2. The molecule has 2 unspecified atom stereocenters. The zero-order chi connectivity index (χ0) is 20.2. The molecular weight excluding hydrogens is 480 g/mol. The fraction of sp³-hybridized carbons (Fsp3) is 0.250. The van der Waals surface area contributed by atoms with Gasteiger partial charge in [0.05, 0.1) is 17.1 Å². The second kappa shape index (κ2) is 9.37. The molecule has 0 saturated heterocycles. The van der Waals surface area contributed by atoms with Crippen molar-refractivity contribution < 1.29 is 18.8 Å². The predicted octanol–water partition coefficient (Wildman–Crippen LogP) is 5.42. The summed E-state index contributed by atoms with van der Waals surface area (Å²) in [5, 5.41) is 5.27. The van der Waals surface area contributed by atoms with Gasteiger partial charge in [0, 0.05) is 10.2 Å². The lowest BCUT2D eigenvalue weighted by molar-refractivity contribution is 0.192. The van der Waals surface area contributed by atoms with Gasteiger partial charge in [0.15, 0.2) is 0 Å². The summed E-state index contributed by atoms with van der Waals surface area (Å²) in [6, 6.07) is 6.73. The highest BCUT2D eigenvalue weighted by atomic mass is 79.9. The van der Waals surface area contributed by atoms with Crippen molar-refractivity contribution in [3.8, 4) is 0 Å². The lowest BCUT2D eigenvalue weighted by atomic mass is 10.3. The number of aromatic nitrogens is 1.